The Hall–Kier alpha value is -1.02. The summed E-state index contributed by atoms with van der Waals surface area (Å²) in [6, 6.07) is 4.34. The zero-order valence-electron chi connectivity index (χ0n) is 11.9. The molecule has 1 fully saturated rings. The first kappa shape index (κ1) is 16.4. The second-order valence-corrected chi connectivity index (χ2v) is 7.55. The summed E-state index contributed by atoms with van der Waals surface area (Å²) < 4.78 is 27.5. The van der Waals surface area contributed by atoms with E-state index in [1.54, 1.807) is 19.1 Å². The molecule has 5 nitrogen and oxygen atoms in total. The average Bonchev–Trinajstić information content (AvgIpc) is 2.40. The predicted molar refractivity (Wildman–Crippen MR) is 85.7 cm³/mol. The normalized spacial score (nSPS) is 23.0. The van der Waals surface area contributed by atoms with Crippen molar-refractivity contribution in [3.05, 3.63) is 29.3 Å². The summed E-state index contributed by atoms with van der Waals surface area (Å²) in [5.41, 5.74) is 6.76. The number of aryl methyl sites for hydroxylation is 1. The number of nitrogens with two attached hydrogens (primary N) is 1. The number of thiocarbonyl (C=S) groups is 1. The Morgan fingerprint density at radius 1 is 1.38 bits per heavy atom. The monoisotopic (exact) mass is 328 g/mol. The smallest absolute Gasteiger partial charge is 0.241 e. The molecule has 116 valence electrons. The lowest BCUT2D eigenvalue weighted by Crippen LogP contribution is -2.45. The lowest BCUT2D eigenvalue weighted by Gasteiger charge is -2.28. The number of nitrogens with one attached hydrogen (secondary N) is 1. The van der Waals surface area contributed by atoms with Crippen LogP contribution in [0.1, 0.15) is 36.8 Å². The number of aliphatic hydroxyl groups is 1. The van der Waals surface area contributed by atoms with Crippen LogP contribution in [0.2, 0.25) is 0 Å². The van der Waals surface area contributed by atoms with Gasteiger partial charge in [0.1, 0.15) is 4.99 Å². The number of rotatable bonds is 4. The second-order valence-electron chi connectivity index (χ2n) is 5.42. The van der Waals surface area contributed by atoms with Crippen LogP contribution in [0.4, 0.5) is 0 Å². The summed E-state index contributed by atoms with van der Waals surface area (Å²) in [5.74, 6) is 0. The average molecular weight is 328 g/mol. The van der Waals surface area contributed by atoms with Crippen LogP contribution in [0.5, 0.6) is 0 Å². The maximum Gasteiger partial charge on any atom is 0.241 e. The van der Waals surface area contributed by atoms with E-state index in [0.29, 0.717) is 24.0 Å². The van der Waals surface area contributed by atoms with E-state index in [0.717, 1.165) is 12.8 Å². The zero-order valence-corrected chi connectivity index (χ0v) is 13.5. The highest BCUT2D eigenvalue weighted by molar-refractivity contribution is 7.89. The van der Waals surface area contributed by atoms with Crippen molar-refractivity contribution in [3.8, 4) is 0 Å². The first-order chi connectivity index (χ1) is 9.81. The highest BCUT2D eigenvalue weighted by Crippen LogP contribution is 2.22. The molecule has 1 aliphatic rings. The fourth-order valence-corrected chi connectivity index (χ4v) is 4.27. The van der Waals surface area contributed by atoms with Gasteiger partial charge in [0.2, 0.25) is 10.0 Å². The first-order valence-corrected chi connectivity index (χ1v) is 8.81. The van der Waals surface area contributed by atoms with Crippen molar-refractivity contribution >= 4 is 27.2 Å². The van der Waals surface area contributed by atoms with Gasteiger partial charge in [-0.1, -0.05) is 31.1 Å². The molecule has 1 aromatic carbocycles. The van der Waals surface area contributed by atoms with Gasteiger partial charge in [-0.2, -0.15) is 0 Å². The molecule has 0 saturated heterocycles. The second kappa shape index (κ2) is 6.39. The third-order valence-corrected chi connectivity index (χ3v) is 5.67. The summed E-state index contributed by atoms with van der Waals surface area (Å²) in [4.78, 5) is 0.429. The van der Waals surface area contributed by atoms with Crippen LogP contribution in [0.15, 0.2) is 23.1 Å². The molecule has 1 aliphatic carbocycles. The van der Waals surface area contributed by atoms with E-state index in [2.05, 4.69) is 4.72 Å². The van der Waals surface area contributed by atoms with Crippen LogP contribution in [-0.4, -0.2) is 30.7 Å². The molecule has 0 radical (unpaired) electrons. The molecular weight excluding hydrogens is 308 g/mol. The van der Waals surface area contributed by atoms with Crippen LogP contribution in [0.25, 0.3) is 0 Å². The quantitative estimate of drug-likeness (QED) is 0.723. The number of benzene rings is 1. The number of hydrogen-bond acceptors (Lipinski definition) is 4. The van der Waals surface area contributed by atoms with E-state index in [-0.39, 0.29) is 9.88 Å². The van der Waals surface area contributed by atoms with Crippen molar-refractivity contribution in [2.24, 2.45) is 5.73 Å². The van der Waals surface area contributed by atoms with Crippen LogP contribution < -0.4 is 10.5 Å². The maximum atomic E-state index is 12.5. The molecule has 1 aromatic rings. The van der Waals surface area contributed by atoms with E-state index in [1.165, 1.54) is 6.07 Å². The lowest BCUT2D eigenvalue weighted by atomic mass is 9.93. The summed E-state index contributed by atoms with van der Waals surface area (Å²) in [5, 5.41) is 9.90. The van der Waals surface area contributed by atoms with Crippen molar-refractivity contribution in [2.45, 2.75) is 49.6 Å². The van der Waals surface area contributed by atoms with Gasteiger partial charge in [0.15, 0.2) is 0 Å². The molecule has 0 aliphatic heterocycles. The molecule has 7 heteroatoms. The fraction of sp³-hybridized carbons (Fsp3) is 0.500. The van der Waals surface area contributed by atoms with Gasteiger partial charge in [-0.3, -0.25) is 0 Å². The summed E-state index contributed by atoms with van der Waals surface area (Å²) in [6.07, 6.45) is 2.52. The number of sulfonamides is 1. The van der Waals surface area contributed by atoms with Crippen molar-refractivity contribution in [1.82, 2.24) is 4.72 Å². The maximum absolute atomic E-state index is 12.5. The van der Waals surface area contributed by atoms with Crippen LogP contribution in [-0.2, 0) is 10.0 Å². The Labute approximate surface area is 130 Å². The third kappa shape index (κ3) is 3.79. The van der Waals surface area contributed by atoms with Gasteiger partial charge in [0.05, 0.1) is 11.0 Å². The molecule has 2 rings (SSSR count). The highest BCUT2D eigenvalue weighted by atomic mass is 32.2. The van der Waals surface area contributed by atoms with E-state index < -0.39 is 22.2 Å². The highest BCUT2D eigenvalue weighted by Gasteiger charge is 2.28. The van der Waals surface area contributed by atoms with Crippen molar-refractivity contribution in [2.75, 3.05) is 0 Å². The molecule has 0 aromatic heterocycles. The number of hydrogen-bond donors (Lipinski definition) is 3. The Kier molecular flexibility index (Phi) is 4.98. The van der Waals surface area contributed by atoms with Gasteiger partial charge in [-0.05, 0) is 37.5 Å². The Balaban J connectivity index is 2.25. The summed E-state index contributed by atoms with van der Waals surface area (Å²) in [7, 11) is -3.66. The first-order valence-electron chi connectivity index (χ1n) is 6.92. The van der Waals surface area contributed by atoms with Crippen molar-refractivity contribution in [3.63, 3.8) is 0 Å². The molecule has 4 N–H and O–H groups in total. The van der Waals surface area contributed by atoms with Gasteiger partial charge in [-0.15, -0.1) is 0 Å². The van der Waals surface area contributed by atoms with Gasteiger partial charge in [-0.25, -0.2) is 13.1 Å². The van der Waals surface area contributed by atoms with Gasteiger partial charge in [0.25, 0.3) is 0 Å². The van der Waals surface area contributed by atoms with Crippen LogP contribution in [0.3, 0.4) is 0 Å². The topological polar surface area (TPSA) is 92.4 Å². The SMILES string of the molecule is Cc1cc(C(N)=S)ccc1S(=O)(=O)NC1CCCCC1O. The van der Waals surface area contributed by atoms with Crippen LogP contribution in [0, 0.1) is 6.92 Å². The van der Waals surface area contributed by atoms with Gasteiger partial charge >= 0.3 is 0 Å². The molecule has 2 unspecified atom stereocenters. The lowest BCUT2D eigenvalue weighted by molar-refractivity contribution is 0.101. The van der Waals surface area contributed by atoms with Gasteiger partial charge in [0, 0.05) is 11.6 Å². The third-order valence-electron chi connectivity index (χ3n) is 3.78. The molecule has 0 bridgehead atoms. The van der Waals surface area contributed by atoms with E-state index in [9.17, 15) is 13.5 Å². The molecule has 0 spiro atoms. The van der Waals surface area contributed by atoms with E-state index in [1.807, 2.05) is 0 Å². The predicted octanol–water partition coefficient (Wildman–Crippen LogP) is 1.21. The minimum atomic E-state index is -3.66. The minimum absolute atomic E-state index is 0.195. The Morgan fingerprint density at radius 2 is 2.05 bits per heavy atom. The van der Waals surface area contributed by atoms with E-state index >= 15 is 0 Å². The molecule has 0 heterocycles. The zero-order chi connectivity index (χ0) is 15.6. The number of aliphatic hydroxyl groups excluding tert-OH is 1. The molecule has 21 heavy (non-hydrogen) atoms. The van der Waals surface area contributed by atoms with Crippen LogP contribution >= 0.6 is 12.2 Å². The molecular formula is C14H20N2O3S2. The fourth-order valence-electron chi connectivity index (χ4n) is 2.62. The van der Waals surface area contributed by atoms with Crippen molar-refractivity contribution < 1.29 is 13.5 Å². The molecule has 1 saturated carbocycles. The standard InChI is InChI=1S/C14H20N2O3S2/c1-9-8-10(14(15)20)6-7-13(9)21(18,19)16-11-4-2-3-5-12(11)17/h6-8,11-12,16-17H,2-5H2,1H3,(H2,15,20). The summed E-state index contributed by atoms with van der Waals surface area (Å²) >= 11 is 4.88. The Bertz CT molecular complexity index is 644. The van der Waals surface area contributed by atoms with Crippen molar-refractivity contribution in [1.29, 1.82) is 0 Å². The molecule has 2 atom stereocenters. The minimum Gasteiger partial charge on any atom is -0.391 e. The summed E-state index contributed by atoms with van der Waals surface area (Å²) in [6.45, 7) is 1.70. The Morgan fingerprint density at radius 3 is 2.62 bits per heavy atom. The van der Waals surface area contributed by atoms with Gasteiger partial charge < -0.3 is 10.8 Å². The largest absolute Gasteiger partial charge is 0.391 e. The molecule has 0 amide bonds. The van der Waals surface area contributed by atoms with E-state index in [4.69, 9.17) is 18.0 Å².